The summed E-state index contributed by atoms with van der Waals surface area (Å²) < 4.78 is 39.5. The molecule has 2 N–H and O–H groups in total. The van der Waals surface area contributed by atoms with Crippen molar-refractivity contribution in [2.45, 2.75) is 277 Å². The van der Waals surface area contributed by atoms with Crippen LogP contribution in [0.3, 0.4) is 0 Å². The van der Waals surface area contributed by atoms with Crippen LogP contribution in [0.2, 0.25) is 0 Å². The molecule has 72 heavy (non-hydrogen) atoms. The quantitative estimate of drug-likeness (QED) is 0.0197. The maximum absolute atomic E-state index is 12.9. The maximum Gasteiger partial charge on any atom is 0.472 e. The number of ether oxygens (including phenoxy) is 3. The van der Waals surface area contributed by atoms with Gasteiger partial charge in [-0.05, 0) is 57.8 Å². The first-order valence-corrected chi connectivity index (χ1v) is 30.7. The van der Waals surface area contributed by atoms with Crippen LogP contribution in [0.4, 0.5) is 0 Å². The molecule has 3 atom stereocenters. The Morgan fingerprint density at radius 3 is 1.11 bits per heavy atom. The zero-order valence-electron chi connectivity index (χ0n) is 46.1. The molecule has 3 unspecified atom stereocenters. The number of allylic oxidation sites excluding steroid dienone is 10. The molecule has 0 spiro atoms. The van der Waals surface area contributed by atoms with E-state index in [1.807, 2.05) is 12.2 Å². The second kappa shape index (κ2) is 54.4. The summed E-state index contributed by atoms with van der Waals surface area (Å²) in [5, 5.41) is 9.81. The molecule has 0 saturated heterocycles. The molecule has 418 valence electrons. The summed E-state index contributed by atoms with van der Waals surface area (Å²) in [6.07, 6.45) is 59.0. The standard InChI is InChI=1S/C60H107O11P/c1-4-7-10-13-16-19-22-25-27-28-30-33-36-39-42-45-48-51-60(64)71-57(53-67-58(62)49-46-43-40-37-34-31-24-21-18-15-12-9-6-3)55-69-72(65,66)68-54-56(52-61)70-59(63)50-47-44-41-38-35-32-29-26-23-20-17-14-11-8-5-2/h7,10,16,19,25,27,30,33,39,42,56-57,61H,4-6,8-9,11-15,17-18,20-24,26,28-29,31-32,34-38,40-41,43-55H2,1-3H3,(H,65,66)/b10-7-,19-16-,27-25-,33-30-,42-39-. The predicted molar refractivity (Wildman–Crippen MR) is 298 cm³/mol. The number of carbonyl (C=O) groups is 3. The van der Waals surface area contributed by atoms with Crippen molar-refractivity contribution in [2.75, 3.05) is 26.4 Å². The van der Waals surface area contributed by atoms with Gasteiger partial charge in [0.1, 0.15) is 12.7 Å². The predicted octanol–water partition coefficient (Wildman–Crippen LogP) is 17.1. The van der Waals surface area contributed by atoms with E-state index in [1.54, 1.807) is 0 Å². The number of hydrogen-bond donors (Lipinski definition) is 2. The van der Waals surface area contributed by atoms with E-state index in [0.717, 1.165) is 70.6 Å². The molecule has 0 aliphatic rings. The molecular weight excluding hydrogens is 928 g/mol. The number of aliphatic hydroxyl groups excluding tert-OH is 1. The molecular formula is C60H107O11P. The summed E-state index contributed by atoms with van der Waals surface area (Å²) in [6.45, 7) is 4.50. The fraction of sp³-hybridized carbons (Fsp3) is 0.783. The molecule has 0 aliphatic carbocycles. The van der Waals surface area contributed by atoms with Crippen molar-refractivity contribution in [2.24, 2.45) is 0 Å². The molecule has 0 aromatic heterocycles. The summed E-state index contributed by atoms with van der Waals surface area (Å²) >= 11 is 0. The highest BCUT2D eigenvalue weighted by atomic mass is 31.2. The second-order valence-corrected chi connectivity index (χ2v) is 20.9. The number of unbranched alkanes of at least 4 members (excludes halogenated alkanes) is 27. The molecule has 0 rings (SSSR count). The monoisotopic (exact) mass is 1030 g/mol. The van der Waals surface area contributed by atoms with Gasteiger partial charge in [-0.2, -0.15) is 0 Å². The molecule has 0 heterocycles. The van der Waals surface area contributed by atoms with Gasteiger partial charge in [0.05, 0.1) is 19.8 Å². The number of hydrogen-bond acceptors (Lipinski definition) is 10. The Bertz CT molecular complexity index is 1440. The Labute approximate surface area is 440 Å². The SMILES string of the molecule is CC/C=C\C/C=C\C/C=C\C/C=C\C/C=C\CCCC(=O)OC(COC(=O)CCCCCCCCCCCCCCC)COP(=O)(O)OCC(CO)OC(=O)CCCCCCCCCCCCCCCCC. The van der Waals surface area contributed by atoms with Crippen LogP contribution in [-0.4, -0.2) is 66.5 Å². The van der Waals surface area contributed by atoms with Gasteiger partial charge in [-0.3, -0.25) is 23.4 Å². The van der Waals surface area contributed by atoms with Crippen LogP contribution in [0.15, 0.2) is 60.8 Å². The van der Waals surface area contributed by atoms with Crippen LogP contribution in [0.5, 0.6) is 0 Å². The number of aliphatic hydroxyl groups is 1. The Kier molecular flexibility index (Phi) is 52.3. The third-order valence-corrected chi connectivity index (χ3v) is 13.4. The molecule has 0 saturated carbocycles. The van der Waals surface area contributed by atoms with Gasteiger partial charge < -0.3 is 24.2 Å². The maximum atomic E-state index is 12.9. The highest BCUT2D eigenvalue weighted by Gasteiger charge is 2.28. The van der Waals surface area contributed by atoms with Gasteiger partial charge in [0.25, 0.3) is 0 Å². The number of rotatable bonds is 54. The molecule has 0 fully saturated rings. The first-order valence-electron chi connectivity index (χ1n) is 29.2. The van der Waals surface area contributed by atoms with Gasteiger partial charge in [-0.1, -0.05) is 248 Å². The summed E-state index contributed by atoms with van der Waals surface area (Å²) in [6, 6.07) is 0. The van der Waals surface area contributed by atoms with E-state index in [4.69, 9.17) is 23.3 Å². The molecule has 0 aromatic rings. The van der Waals surface area contributed by atoms with Crippen molar-refractivity contribution in [3.8, 4) is 0 Å². The number of esters is 3. The van der Waals surface area contributed by atoms with Crippen molar-refractivity contribution in [3.05, 3.63) is 60.8 Å². The number of phosphoric acid groups is 1. The fourth-order valence-corrected chi connectivity index (χ4v) is 8.82. The first-order chi connectivity index (χ1) is 35.2. The molecule has 0 amide bonds. The average molecular weight is 1040 g/mol. The minimum Gasteiger partial charge on any atom is -0.462 e. The van der Waals surface area contributed by atoms with Crippen LogP contribution in [-0.2, 0) is 42.2 Å². The van der Waals surface area contributed by atoms with Gasteiger partial charge in [-0.15, -0.1) is 0 Å². The first kappa shape index (κ1) is 69.2. The van der Waals surface area contributed by atoms with E-state index in [2.05, 4.69) is 69.4 Å². The zero-order chi connectivity index (χ0) is 52.7. The summed E-state index contributed by atoms with van der Waals surface area (Å²) in [7, 11) is -4.76. The lowest BCUT2D eigenvalue weighted by molar-refractivity contribution is -0.161. The van der Waals surface area contributed by atoms with Gasteiger partial charge in [0.2, 0.25) is 0 Å². The van der Waals surface area contributed by atoms with Crippen molar-refractivity contribution in [1.29, 1.82) is 0 Å². The Hall–Kier alpha value is -2.82. The largest absolute Gasteiger partial charge is 0.472 e. The van der Waals surface area contributed by atoms with Gasteiger partial charge in [-0.25, -0.2) is 4.57 Å². The molecule has 12 heteroatoms. The van der Waals surface area contributed by atoms with Crippen LogP contribution in [0, 0.1) is 0 Å². The van der Waals surface area contributed by atoms with E-state index in [1.165, 1.54) is 128 Å². The van der Waals surface area contributed by atoms with E-state index in [-0.39, 0.29) is 25.9 Å². The molecule has 0 aliphatic heterocycles. The summed E-state index contributed by atoms with van der Waals surface area (Å²) in [5.41, 5.74) is 0. The minimum atomic E-state index is -4.76. The van der Waals surface area contributed by atoms with E-state index in [9.17, 15) is 28.9 Å². The number of carbonyl (C=O) groups excluding carboxylic acids is 3. The average Bonchev–Trinajstić information content (AvgIpc) is 3.37. The van der Waals surface area contributed by atoms with Crippen LogP contribution < -0.4 is 0 Å². The van der Waals surface area contributed by atoms with Crippen LogP contribution in [0.25, 0.3) is 0 Å². The Morgan fingerprint density at radius 1 is 0.403 bits per heavy atom. The van der Waals surface area contributed by atoms with Crippen LogP contribution >= 0.6 is 7.82 Å². The van der Waals surface area contributed by atoms with Crippen molar-refractivity contribution in [1.82, 2.24) is 0 Å². The van der Waals surface area contributed by atoms with Crippen molar-refractivity contribution in [3.63, 3.8) is 0 Å². The zero-order valence-corrected chi connectivity index (χ0v) is 47.0. The lowest BCUT2D eigenvalue weighted by atomic mass is 10.0. The van der Waals surface area contributed by atoms with E-state index >= 15 is 0 Å². The minimum absolute atomic E-state index is 0.0912. The van der Waals surface area contributed by atoms with Crippen molar-refractivity contribution < 1.29 is 52.2 Å². The van der Waals surface area contributed by atoms with Gasteiger partial charge in [0, 0.05) is 19.3 Å². The summed E-state index contributed by atoms with van der Waals surface area (Å²) in [4.78, 5) is 48.5. The number of phosphoric ester groups is 1. The lowest BCUT2D eigenvalue weighted by Gasteiger charge is -2.21. The van der Waals surface area contributed by atoms with Gasteiger partial charge >= 0.3 is 25.7 Å². The van der Waals surface area contributed by atoms with E-state index in [0.29, 0.717) is 25.7 Å². The smallest absolute Gasteiger partial charge is 0.462 e. The van der Waals surface area contributed by atoms with Crippen molar-refractivity contribution >= 4 is 25.7 Å². The topological polar surface area (TPSA) is 155 Å². The third kappa shape index (κ3) is 52.1. The summed E-state index contributed by atoms with van der Waals surface area (Å²) in [5.74, 6) is -1.52. The second-order valence-electron chi connectivity index (χ2n) is 19.4. The molecule has 0 bridgehead atoms. The molecule has 0 aromatic carbocycles. The highest BCUT2D eigenvalue weighted by Crippen LogP contribution is 2.43. The lowest BCUT2D eigenvalue weighted by Crippen LogP contribution is -2.30. The fourth-order valence-electron chi connectivity index (χ4n) is 8.04. The Balaban J connectivity index is 4.76. The normalized spacial score (nSPS) is 13.8. The third-order valence-electron chi connectivity index (χ3n) is 12.5. The highest BCUT2D eigenvalue weighted by molar-refractivity contribution is 7.47. The Morgan fingerprint density at radius 2 is 0.722 bits per heavy atom. The molecule has 11 nitrogen and oxygen atoms in total. The molecule has 0 radical (unpaired) electrons. The van der Waals surface area contributed by atoms with E-state index < -0.39 is 57.8 Å². The van der Waals surface area contributed by atoms with Gasteiger partial charge in [0.15, 0.2) is 6.10 Å². The van der Waals surface area contributed by atoms with Crippen LogP contribution in [0.1, 0.15) is 265 Å².